The number of ketones is 1. The van der Waals surface area contributed by atoms with E-state index in [2.05, 4.69) is 52.1 Å². The van der Waals surface area contributed by atoms with Crippen molar-refractivity contribution in [2.45, 2.75) is 29.1 Å². The van der Waals surface area contributed by atoms with E-state index in [1.807, 2.05) is 6.92 Å². The maximum Gasteiger partial charge on any atom is 0.129 e. The number of hydrogen-bond donors (Lipinski definition) is 0. The third kappa shape index (κ3) is 47.4. The van der Waals surface area contributed by atoms with E-state index < -0.39 is 0 Å². The van der Waals surface area contributed by atoms with Gasteiger partial charge in [0.15, 0.2) is 0 Å². The van der Waals surface area contributed by atoms with Crippen molar-refractivity contribution in [3.63, 3.8) is 0 Å². The van der Waals surface area contributed by atoms with Gasteiger partial charge < -0.3 is 4.79 Å². The van der Waals surface area contributed by atoms with Gasteiger partial charge in [-0.2, -0.15) is 0 Å². The lowest BCUT2D eigenvalue weighted by Crippen LogP contribution is -1.80. The number of hydrogen-bond acceptors (Lipinski definition) is 1. The first-order valence-corrected chi connectivity index (χ1v) is 5.27. The standard InChI is InChI=1S/C4H8O.C2H4I2/c1-3-4(2)5;1-2(3)4/h3H2,1-2H3;2H,1H3. The van der Waals surface area contributed by atoms with Crippen LogP contribution in [0.3, 0.4) is 0 Å². The van der Waals surface area contributed by atoms with Crippen LogP contribution in [0.5, 0.6) is 0 Å². The summed E-state index contributed by atoms with van der Waals surface area (Å²) in [6.45, 7) is 5.57. The molecule has 0 aliphatic carbocycles. The molecule has 0 fully saturated rings. The van der Waals surface area contributed by atoms with Gasteiger partial charge in [0, 0.05) is 6.42 Å². The summed E-state index contributed by atoms with van der Waals surface area (Å²) in [4.78, 5) is 9.81. The first-order chi connectivity index (χ1) is 4.00. The maximum absolute atomic E-state index is 9.81. The summed E-state index contributed by atoms with van der Waals surface area (Å²) in [7, 11) is 0. The minimum Gasteiger partial charge on any atom is -0.300 e. The van der Waals surface area contributed by atoms with Crippen LogP contribution in [0.15, 0.2) is 0 Å². The molecule has 0 saturated carbocycles. The van der Waals surface area contributed by atoms with E-state index in [0.29, 0.717) is 6.42 Å². The van der Waals surface area contributed by atoms with Crippen molar-refractivity contribution in [1.29, 1.82) is 0 Å². The average Bonchev–Trinajstić information content (AvgIpc) is 1.65. The first-order valence-electron chi connectivity index (χ1n) is 2.78. The van der Waals surface area contributed by atoms with Crippen LogP contribution >= 0.6 is 45.2 Å². The second kappa shape index (κ2) is 9.13. The molecule has 0 saturated heterocycles. The van der Waals surface area contributed by atoms with Crippen molar-refractivity contribution < 1.29 is 4.79 Å². The predicted molar refractivity (Wildman–Crippen MR) is 58.5 cm³/mol. The quantitative estimate of drug-likeness (QED) is 0.522. The van der Waals surface area contributed by atoms with Crippen molar-refractivity contribution in [3.05, 3.63) is 0 Å². The van der Waals surface area contributed by atoms with Crippen molar-refractivity contribution >= 4 is 51.0 Å². The van der Waals surface area contributed by atoms with E-state index >= 15 is 0 Å². The molecule has 0 rings (SSSR count). The second-order valence-corrected chi connectivity index (χ2v) is 7.69. The van der Waals surface area contributed by atoms with E-state index in [-0.39, 0.29) is 5.78 Å². The molecule has 0 aromatic rings. The number of halogens is 2. The van der Waals surface area contributed by atoms with Gasteiger partial charge in [-0.3, -0.25) is 0 Å². The highest BCUT2D eigenvalue weighted by molar-refractivity contribution is 14.2. The van der Waals surface area contributed by atoms with Gasteiger partial charge in [-0.25, -0.2) is 0 Å². The highest BCUT2D eigenvalue weighted by atomic mass is 127. The Labute approximate surface area is 84.3 Å². The van der Waals surface area contributed by atoms with Gasteiger partial charge in [-0.05, 0) is 13.8 Å². The molecule has 0 unspecified atom stereocenters. The van der Waals surface area contributed by atoms with Gasteiger partial charge in [0.05, 0.1) is 1.93 Å². The Kier molecular flexibility index (Phi) is 13.0. The Hall–Kier alpha value is 1.13. The summed E-state index contributed by atoms with van der Waals surface area (Å²) in [5, 5.41) is 0. The molecular formula is C6H12I2O. The molecule has 0 aromatic carbocycles. The lowest BCUT2D eigenvalue weighted by Gasteiger charge is -1.73. The highest BCUT2D eigenvalue weighted by Gasteiger charge is 1.76. The normalized spacial score (nSPS) is 8.22. The highest BCUT2D eigenvalue weighted by Crippen LogP contribution is 2.05. The molecule has 0 aliphatic rings. The van der Waals surface area contributed by atoms with Crippen LogP contribution in [0.4, 0.5) is 0 Å². The lowest BCUT2D eigenvalue weighted by molar-refractivity contribution is -0.116. The molecular weight excluding hydrogens is 342 g/mol. The number of rotatable bonds is 1. The summed E-state index contributed by atoms with van der Waals surface area (Å²) in [5.74, 6) is 0.255. The molecule has 0 spiro atoms. The monoisotopic (exact) mass is 354 g/mol. The molecule has 0 bridgehead atoms. The van der Waals surface area contributed by atoms with Gasteiger partial charge in [-0.15, -0.1) is 0 Å². The van der Waals surface area contributed by atoms with E-state index in [1.54, 1.807) is 6.92 Å². The van der Waals surface area contributed by atoms with E-state index in [4.69, 9.17) is 0 Å². The van der Waals surface area contributed by atoms with Gasteiger partial charge in [0.25, 0.3) is 0 Å². The zero-order chi connectivity index (χ0) is 7.86. The summed E-state index contributed by atoms with van der Waals surface area (Å²) in [6, 6.07) is 0. The Balaban J connectivity index is 0. The minimum absolute atomic E-state index is 0.255. The Morgan fingerprint density at radius 2 is 1.67 bits per heavy atom. The Bertz CT molecular complexity index is 68.7. The van der Waals surface area contributed by atoms with Gasteiger partial charge in [0.1, 0.15) is 5.78 Å². The van der Waals surface area contributed by atoms with Crippen LogP contribution in [0.2, 0.25) is 0 Å². The predicted octanol–water partition coefficient (Wildman–Crippen LogP) is 3.19. The second-order valence-electron chi connectivity index (χ2n) is 1.57. The lowest BCUT2D eigenvalue weighted by atomic mass is 10.4. The third-order valence-electron chi connectivity index (χ3n) is 0.498. The largest absolute Gasteiger partial charge is 0.300 e. The minimum atomic E-state index is 0.255. The molecule has 0 N–H and O–H groups in total. The van der Waals surface area contributed by atoms with Crippen molar-refractivity contribution in [3.8, 4) is 0 Å². The summed E-state index contributed by atoms with van der Waals surface area (Å²) < 4.78 is 0.773. The van der Waals surface area contributed by atoms with Crippen LogP contribution in [0, 0.1) is 0 Å². The molecule has 56 valence electrons. The Morgan fingerprint density at radius 1 is 1.56 bits per heavy atom. The van der Waals surface area contributed by atoms with E-state index in [9.17, 15) is 4.79 Å². The molecule has 9 heavy (non-hydrogen) atoms. The van der Waals surface area contributed by atoms with Crippen LogP contribution in [0.25, 0.3) is 0 Å². The van der Waals surface area contributed by atoms with Crippen LogP contribution < -0.4 is 0 Å². The topological polar surface area (TPSA) is 17.1 Å². The number of carbonyl (C=O) groups is 1. The zero-order valence-corrected chi connectivity index (χ0v) is 10.3. The SMILES string of the molecule is CC(I)I.CCC(C)=O. The van der Waals surface area contributed by atoms with Crippen molar-refractivity contribution in [2.75, 3.05) is 0 Å². The molecule has 0 aromatic heterocycles. The first kappa shape index (κ1) is 12.8. The van der Waals surface area contributed by atoms with Crippen molar-refractivity contribution in [2.24, 2.45) is 0 Å². The number of carbonyl (C=O) groups excluding carboxylic acids is 1. The number of Topliss-reactive ketones (excluding diaryl/α,β-unsaturated/α-hetero) is 1. The average molecular weight is 354 g/mol. The van der Waals surface area contributed by atoms with E-state index in [0.717, 1.165) is 1.93 Å². The fraction of sp³-hybridized carbons (Fsp3) is 0.833. The van der Waals surface area contributed by atoms with Crippen LogP contribution in [-0.4, -0.2) is 7.71 Å². The fourth-order valence-electron chi connectivity index (χ4n) is 0. The van der Waals surface area contributed by atoms with Crippen LogP contribution in [0.1, 0.15) is 27.2 Å². The Morgan fingerprint density at radius 3 is 1.67 bits per heavy atom. The molecule has 0 aliphatic heterocycles. The number of alkyl halides is 2. The molecule has 0 heterocycles. The molecule has 1 nitrogen and oxygen atoms in total. The smallest absolute Gasteiger partial charge is 0.129 e. The fourth-order valence-corrected chi connectivity index (χ4v) is 0. The summed E-state index contributed by atoms with van der Waals surface area (Å²) >= 11 is 4.66. The summed E-state index contributed by atoms with van der Waals surface area (Å²) in [6.07, 6.45) is 0.667. The van der Waals surface area contributed by atoms with Gasteiger partial charge in [0.2, 0.25) is 0 Å². The molecule has 3 heteroatoms. The third-order valence-corrected chi connectivity index (χ3v) is 0.498. The van der Waals surface area contributed by atoms with Crippen LogP contribution in [-0.2, 0) is 4.79 Å². The zero-order valence-electron chi connectivity index (χ0n) is 5.95. The molecule has 0 amide bonds. The van der Waals surface area contributed by atoms with Crippen molar-refractivity contribution in [1.82, 2.24) is 0 Å². The molecule has 0 radical (unpaired) electrons. The van der Waals surface area contributed by atoms with Gasteiger partial charge in [-0.1, -0.05) is 52.1 Å². The van der Waals surface area contributed by atoms with Gasteiger partial charge >= 0.3 is 0 Å². The maximum atomic E-state index is 9.81. The summed E-state index contributed by atoms with van der Waals surface area (Å²) in [5.41, 5.74) is 0. The van der Waals surface area contributed by atoms with E-state index in [1.165, 1.54) is 0 Å². The molecule has 0 atom stereocenters.